The Morgan fingerprint density at radius 3 is 2.46 bits per heavy atom. The van der Waals surface area contributed by atoms with Gasteiger partial charge in [0.05, 0.1) is 23.2 Å². The molecule has 6 nitrogen and oxygen atoms in total. The number of anilines is 1. The first-order valence-corrected chi connectivity index (χ1v) is 9.67. The number of hydrazone groups is 1. The summed E-state index contributed by atoms with van der Waals surface area (Å²) in [7, 11) is 1.86. The predicted octanol–water partition coefficient (Wildman–Crippen LogP) is 4.05. The summed E-state index contributed by atoms with van der Waals surface area (Å²) in [6.45, 7) is 1.90. The van der Waals surface area contributed by atoms with E-state index in [4.69, 9.17) is 0 Å². The molecule has 28 heavy (non-hydrogen) atoms. The predicted molar refractivity (Wildman–Crippen MR) is 115 cm³/mol. The van der Waals surface area contributed by atoms with Crippen molar-refractivity contribution in [3.63, 3.8) is 0 Å². The van der Waals surface area contributed by atoms with E-state index in [0.717, 1.165) is 22.6 Å². The molecule has 0 atom stereocenters. The van der Waals surface area contributed by atoms with Crippen LogP contribution in [0, 0.1) is 6.92 Å². The summed E-state index contributed by atoms with van der Waals surface area (Å²) in [5.74, 6) is 0. The van der Waals surface area contributed by atoms with Gasteiger partial charge in [0.1, 0.15) is 0 Å². The fourth-order valence-electron chi connectivity index (χ4n) is 2.96. The molecule has 2 aromatic carbocycles. The molecule has 0 aliphatic rings. The zero-order valence-electron chi connectivity index (χ0n) is 15.5. The van der Waals surface area contributed by atoms with E-state index >= 15 is 0 Å². The molecule has 0 unspecified atom stereocenters. The van der Waals surface area contributed by atoms with Gasteiger partial charge >= 0.3 is 0 Å². The first kappa shape index (κ1) is 17.9. The van der Waals surface area contributed by atoms with Gasteiger partial charge in [-0.3, -0.25) is 14.9 Å². The largest absolute Gasteiger partial charge is 0.285 e. The zero-order chi connectivity index (χ0) is 19.5. The lowest BCUT2D eigenvalue weighted by atomic mass is 10.2. The lowest BCUT2D eigenvalue weighted by molar-refractivity contribution is 0.630. The standard InChI is InChI=1S/C21H19N5OS/c1-15-18(20(27)26(25(15)2)17-11-7-4-8-12-17)13-22-24-21-23-19(14-28-21)16-9-5-3-6-10-16/h3-14H,1-2H3,(H,23,24)/b22-13+. The molecule has 0 spiro atoms. The maximum absolute atomic E-state index is 12.9. The fraction of sp³-hybridized carbons (Fsp3) is 0.0952. The van der Waals surface area contributed by atoms with Crippen LogP contribution in [0.5, 0.6) is 0 Å². The number of benzene rings is 2. The molecular weight excluding hydrogens is 370 g/mol. The van der Waals surface area contributed by atoms with E-state index in [0.29, 0.717) is 10.7 Å². The SMILES string of the molecule is Cc1c(/C=N/Nc2nc(-c3ccccc3)cs2)c(=O)n(-c2ccccc2)n1C. The third-order valence-corrected chi connectivity index (χ3v) is 5.27. The van der Waals surface area contributed by atoms with Crippen molar-refractivity contribution in [1.82, 2.24) is 14.3 Å². The van der Waals surface area contributed by atoms with Crippen LogP contribution >= 0.6 is 11.3 Å². The molecule has 0 radical (unpaired) electrons. The van der Waals surface area contributed by atoms with Crippen molar-refractivity contribution in [3.8, 4) is 16.9 Å². The fourth-order valence-corrected chi connectivity index (χ4v) is 3.62. The van der Waals surface area contributed by atoms with Crippen molar-refractivity contribution >= 4 is 22.7 Å². The summed E-state index contributed by atoms with van der Waals surface area (Å²) in [6.07, 6.45) is 1.56. The average Bonchev–Trinajstić information content (AvgIpc) is 3.28. The third-order valence-electron chi connectivity index (χ3n) is 4.53. The van der Waals surface area contributed by atoms with Crippen molar-refractivity contribution in [1.29, 1.82) is 0 Å². The first-order chi connectivity index (χ1) is 13.6. The van der Waals surface area contributed by atoms with Crippen molar-refractivity contribution in [2.45, 2.75) is 6.92 Å². The van der Waals surface area contributed by atoms with Crippen LogP contribution in [0.15, 0.2) is 75.9 Å². The highest BCUT2D eigenvalue weighted by Crippen LogP contribution is 2.24. The van der Waals surface area contributed by atoms with Crippen LogP contribution in [0.25, 0.3) is 16.9 Å². The molecule has 7 heteroatoms. The minimum absolute atomic E-state index is 0.110. The Balaban J connectivity index is 1.56. The molecule has 0 aliphatic carbocycles. The molecule has 0 bridgehead atoms. The Kier molecular flexibility index (Phi) is 4.90. The summed E-state index contributed by atoms with van der Waals surface area (Å²) >= 11 is 1.47. The molecule has 140 valence electrons. The number of rotatable bonds is 5. The van der Waals surface area contributed by atoms with E-state index in [1.54, 1.807) is 10.9 Å². The second kappa shape index (κ2) is 7.66. The highest BCUT2D eigenvalue weighted by Gasteiger charge is 2.14. The Morgan fingerprint density at radius 2 is 1.75 bits per heavy atom. The number of aromatic nitrogens is 3. The smallest absolute Gasteiger partial charge is 0.280 e. The van der Waals surface area contributed by atoms with E-state index < -0.39 is 0 Å². The molecule has 0 saturated heterocycles. The molecule has 1 N–H and O–H groups in total. The maximum Gasteiger partial charge on any atom is 0.280 e. The monoisotopic (exact) mass is 389 g/mol. The molecule has 4 rings (SSSR count). The minimum atomic E-state index is -0.110. The molecule has 0 aliphatic heterocycles. The summed E-state index contributed by atoms with van der Waals surface area (Å²) in [5.41, 5.74) is 6.96. The first-order valence-electron chi connectivity index (χ1n) is 8.79. The van der Waals surface area contributed by atoms with Gasteiger partial charge in [0.25, 0.3) is 5.56 Å². The van der Waals surface area contributed by atoms with Crippen LogP contribution in [0.4, 0.5) is 5.13 Å². The Bertz CT molecular complexity index is 1170. The van der Waals surface area contributed by atoms with Gasteiger partial charge in [-0.15, -0.1) is 11.3 Å². The van der Waals surface area contributed by atoms with Crippen LogP contribution < -0.4 is 11.0 Å². The van der Waals surface area contributed by atoms with Gasteiger partial charge < -0.3 is 0 Å². The third kappa shape index (κ3) is 3.39. The quantitative estimate of drug-likeness (QED) is 0.414. The van der Waals surface area contributed by atoms with Crippen molar-refractivity contribution < 1.29 is 0 Å². The number of para-hydroxylation sites is 1. The lowest BCUT2D eigenvalue weighted by Gasteiger charge is -2.07. The second-order valence-electron chi connectivity index (χ2n) is 6.25. The Labute approximate surface area is 166 Å². The topological polar surface area (TPSA) is 64.2 Å². The summed E-state index contributed by atoms with van der Waals surface area (Å²) in [5, 5.41) is 6.88. The minimum Gasteiger partial charge on any atom is -0.285 e. The molecule has 0 amide bonds. The molecule has 0 fully saturated rings. The number of thiazole rings is 1. The van der Waals surface area contributed by atoms with Crippen LogP contribution in [0.2, 0.25) is 0 Å². The normalized spacial score (nSPS) is 11.2. The van der Waals surface area contributed by atoms with E-state index in [1.165, 1.54) is 11.3 Å². The summed E-state index contributed by atoms with van der Waals surface area (Å²) in [4.78, 5) is 17.4. The molecule has 2 aromatic heterocycles. The molecule has 0 saturated carbocycles. The van der Waals surface area contributed by atoms with E-state index in [2.05, 4.69) is 15.5 Å². The highest BCUT2D eigenvalue weighted by molar-refractivity contribution is 7.14. The van der Waals surface area contributed by atoms with Gasteiger partial charge in [-0.25, -0.2) is 9.67 Å². The van der Waals surface area contributed by atoms with Gasteiger partial charge in [0.2, 0.25) is 5.13 Å². The van der Waals surface area contributed by atoms with Crippen molar-refractivity contribution in [2.24, 2.45) is 12.1 Å². The number of nitrogens with one attached hydrogen (secondary N) is 1. The summed E-state index contributed by atoms with van der Waals surface area (Å²) in [6, 6.07) is 19.5. The molecular formula is C21H19N5OS. The summed E-state index contributed by atoms with van der Waals surface area (Å²) < 4.78 is 3.46. The van der Waals surface area contributed by atoms with Crippen LogP contribution in [-0.2, 0) is 7.05 Å². The van der Waals surface area contributed by atoms with Crippen LogP contribution in [0.3, 0.4) is 0 Å². The number of hydrogen-bond donors (Lipinski definition) is 1. The average molecular weight is 389 g/mol. The van der Waals surface area contributed by atoms with Crippen molar-refractivity contribution in [2.75, 3.05) is 5.43 Å². The van der Waals surface area contributed by atoms with Gasteiger partial charge in [-0.1, -0.05) is 48.5 Å². The maximum atomic E-state index is 12.9. The lowest BCUT2D eigenvalue weighted by Crippen LogP contribution is -2.20. The van der Waals surface area contributed by atoms with E-state index in [1.807, 2.05) is 84.7 Å². The second-order valence-corrected chi connectivity index (χ2v) is 7.11. The van der Waals surface area contributed by atoms with E-state index in [9.17, 15) is 4.79 Å². The van der Waals surface area contributed by atoms with Crippen LogP contribution in [-0.4, -0.2) is 20.6 Å². The van der Waals surface area contributed by atoms with Crippen molar-refractivity contribution in [3.05, 3.63) is 87.7 Å². The molecule has 2 heterocycles. The number of hydrogen-bond acceptors (Lipinski definition) is 5. The Hall–Kier alpha value is -3.45. The highest BCUT2D eigenvalue weighted by atomic mass is 32.1. The van der Waals surface area contributed by atoms with E-state index in [-0.39, 0.29) is 5.56 Å². The van der Waals surface area contributed by atoms with Gasteiger partial charge in [-0.2, -0.15) is 5.10 Å². The Morgan fingerprint density at radius 1 is 1.07 bits per heavy atom. The molecule has 4 aromatic rings. The van der Waals surface area contributed by atoms with Gasteiger partial charge in [0, 0.05) is 23.7 Å². The number of nitrogens with zero attached hydrogens (tertiary/aromatic N) is 4. The van der Waals surface area contributed by atoms with Gasteiger partial charge in [-0.05, 0) is 19.1 Å². The van der Waals surface area contributed by atoms with Gasteiger partial charge in [0.15, 0.2) is 0 Å². The zero-order valence-corrected chi connectivity index (χ0v) is 16.4. The van der Waals surface area contributed by atoms with Crippen LogP contribution in [0.1, 0.15) is 11.3 Å².